The molecule has 1 aliphatic heterocycles. The smallest absolute Gasteiger partial charge is 0.475 e. The molecule has 0 aliphatic carbocycles. The minimum absolute atomic E-state index is 0.296. The fourth-order valence-corrected chi connectivity index (χ4v) is 2.22. The van der Waals surface area contributed by atoms with Crippen LogP contribution < -0.4 is 10.2 Å². The number of aromatic amines is 1. The molecule has 0 atom stereocenters. The zero-order chi connectivity index (χ0) is 20.0. The van der Waals surface area contributed by atoms with Crippen molar-refractivity contribution < 1.29 is 32.6 Å². The molecule has 0 unspecified atom stereocenters. The highest BCUT2D eigenvalue weighted by Gasteiger charge is 2.38. The summed E-state index contributed by atoms with van der Waals surface area (Å²) in [6.45, 7) is 3.58. The van der Waals surface area contributed by atoms with Crippen LogP contribution in [0.4, 0.5) is 29.3 Å². The Kier molecular flexibility index (Phi) is 6.27. The van der Waals surface area contributed by atoms with Crippen LogP contribution in [0.3, 0.4) is 0 Å². The maximum absolute atomic E-state index is 11.7. The summed E-state index contributed by atoms with van der Waals surface area (Å²) < 4.78 is 36.7. The van der Waals surface area contributed by atoms with Crippen LogP contribution in [-0.4, -0.2) is 46.7 Å². The summed E-state index contributed by atoms with van der Waals surface area (Å²) in [5.41, 5.74) is 3.69. The summed E-state index contributed by atoms with van der Waals surface area (Å²) in [4.78, 5) is 22.2. The molecule has 11 heteroatoms. The van der Waals surface area contributed by atoms with Crippen molar-refractivity contribution in [2.75, 3.05) is 23.4 Å². The summed E-state index contributed by atoms with van der Waals surface area (Å²) in [5.74, 6) is -2.76. The molecule has 0 radical (unpaired) electrons. The normalized spacial score (nSPS) is 13.6. The van der Waals surface area contributed by atoms with Crippen LogP contribution >= 0.6 is 0 Å². The number of benzene rings is 1. The Morgan fingerprint density at radius 3 is 2.59 bits per heavy atom. The van der Waals surface area contributed by atoms with Gasteiger partial charge in [-0.1, -0.05) is 12.1 Å². The van der Waals surface area contributed by atoms with E-state index in [2.05, 4.69) is 15.5 Å². The number of carbonyl (C=O) groups excluding carboxylic acids is 1. The van der Waals surface area contributed by atoms with Crippen LogP contribution in [0, 0.1) is 6.92 Å². The Morgan fingerprint density at radius 2 is 2.07 bits per heavy atom. The number of halogens is 3. The highest BCUT2D eigenvalue weighted by atomic mass is 19.4. The minimum Gasteiger partial charge on any atom is -0.475 e. The lowest BCUT2D eigenvalue weighted by Crippen LogP contribution is -2.24. The molecule has 0 spiro atoms. The Balaban J connectivity index is 0.000000321. The Hall–Kier alpha value is -3.24. The number of carboxylic acid groups (broad SMARTS) is 1. The van der Waals surface area contributed by atoms with Crippen molar-refractivity contribution in [3.63, 3.8) is 0 Å². The van der Waals surface area contributed by atoms with Crippen LogP contribution in [0.2, 0.25) is 0 Å². The monoisotopic (exact) mass is 386 g/mol. The van der Waals surface area contributed by atoms with Gasteiger partial charge >= 0.3 is 18.2 Å². The van der Waals surface area contributed by atoms with E-state index in [1.54, 1.807) is 4.90 Å². The van der Waals surface area contributed by atoms with Gasteiger partial charge in [0.25, 0.3) is 0 Å². The number of alkyl halides is 3. The predicted octanol–water partition coefficient (Wildman–Crippen LogP) is 2.92. The van der Waals surface area contributed by atoms with Gasteiger partial charge in [-0.2, -0.15) is 18.3 Å². The topological polar surface area (TPSA) is 108 Å². The molecule has 2 heterocycles. The van der Waals surface area contributed by atoms with Gasteiger partial charge in [0.1, 0.15) is 6.61 Å². The van der Waals surface area contributed by atoms with Gasteiger partial charge in [0.05, 0.1) is 30.2 Å². The predicted molar refractivity (Wildman–Crippen MR) is 89.5 cm³/mol. The number of amides is 1. The molecular formula is C16H17F3N4O4. The number of H-pyrrole nitrogens is 1. The Bertz CT molecular complexity index is 807. The number of rotatable bonds is 4. The first-order valence-corrected chi connectivity index (χ1v) is 7.76. The van der Waals surface area contributed by atoms with Crippen molar-refractivity contribution in [1.29, 1.82) is 0 Å². The number of anilines is 2. The molecular weight excluding hydrogens is 369 g/mol. The highest BCUT2D eigenvalue weighted by molar-refractivity contribution is 5.93. The Labute approximate surface area is 151 Å². The minimum atomic E-state index is -5.08. The van der Waals surface area contributed by atoms with E-state index in [0.717, 1.165) is 22.8 Å². The highest BCUT2D eigenvalue weighted by Crippen LogP contribution is 2.28. The van der Waals surface area contributed by atoms with Crippen molar-refractivity contribution in [2.45, 2.75) is 19.6 Å². The average Bonchev–Trinajstić information content (AvgIpc) is 3.21. The second-order valence-electron chi connectivity index (χ2n) is 5.48. The van der Waals surface area contributed by atoms with Crippen LogP contribution in [0.15, 0.2) is 30.3 Å². The first-order valence-electron chi connectivity index (χ1n) is 7.76. The number of cyclic esters (lactones) is 1. The standard InChI is InChI=1S/C14H16N4O2.C2HF3O2/c1-10-8-11(17-16-10)9-15-12-4-2-3-5-13(12)18-6-7-20-14(18)19;3-2(4,5)1(6)7/h2-5,8,15H,6-7,9H2,1H3,(H,16,17);(H,6,7). The van der Waals surface area contributed by atoms with E-state index >= 15 is 0 Å². The molecule has 1 saturated heterocycles. The molecule has 0 bridgehead atoms. The summed E-state index contributed by atoms with van der Waals surface area (Å²) in [6, 6.07) is 9.68. The molecule has 0 saturated carbocycles. The lowest BCUT2D eigenvalue weighted by molar-refractivity contribution is -0.192. The zero-order valence-electron chi connectivity index (χ0n) is 14.2. The number of ether oxygens (including phenoxy) is 1. The van der Waals surface area contributed by atoms with Crippen LogP contribution in [0.25, 0.3) is 0 Å². The van der Waals surface area contributed by atoms with Crippen molar-refractivity contribution in [1.82, 2.24) is 10.2 Å². The fourth-order valence-electron chi connectivity index (χ4n) is 2.22. The van der Waals surface area contributed by atoms with E-state index in [4.69, 9.17) is 14.6 Å². The molecule has 8 nitrogen and oxygen atoms in total. The number of aryl methyl sites for hydroxylation is 1. The van der Waals surface area contributed by atoms with E-state index in [1.165, 1.54) is 0 Å². The molecule has 2 aromatic rings. The summed E-state index contributed by atoms with van der Waals surface area (Å²) in [6.07, 6.45) is -5.38. The van der Waals surface area contributed by atoms with Crippen LogP contribution in [-0.2, 0) is 16.1 Å². The third-order valence-corrected chi connectivity index (χ3v) is 3.42. The number of hydrogen-bond donors (Lipinski definition) is 3. The number of aromatic nitrogens is 2. The van der Waals surface area contributed by atoms with E-state index in [1.807, 2.05) is 37.3 Å². The Morgan fingerprint density at radius 1 is 1.41 bits per heavy atom. The van der Waals surface area contributed by atoms with Gasteiger partial charge in [-0.05, 0) is 25.1 Å². The lowest BCUT2D eigenvalue weighted by atomic mass is 10.2. The number of nitrogens with zero attached hydrogens (tertiary/aromatic N) is 2. The van der Waals surface area contributed by atoms with Crippen molar-refractivity contribution in [3.05, 3.63) is 41.7 Å². The van der Waals surface area contributed by atoms with E-state index < -0.39 is 12.1 Å². The molecule has 1 aliphatic rings. The third-order valence-electron chi connectivity index (χ3n) is 3.42. The summed E-state index contributed by atoms with van der Waals surface area (Å²) >= 11 is 0. The van der Waals surface area contributed by atoms with Gasteiger partial charge in [0, 0.05) is 5.69 Å². The van der Waals surface area contributed by atoms with E-state index in [9.17, 15) is 18.0 Å². The summed E-state index contributed by atoms with van der Waals surface area (Å²) in [7, 11) is 0. The molecule has 146 valence electrons. The molecule has 3 N–H and O–H groups in total. The van der Waals surface area contributed by atoms with E-state index in [0.29, 0.717) is 19.7 Å². The number of para-hydroxylation sites is 2. The van der Waals surface area contributed by atoms with Crippen LogP contribution in [0.1, 0.15) is 11.4 Å². The second kappa shape index (κ2) is 8.43. The molecule has 1 amide bonds. The number of aliphatic carboxylic acids is 1. The number of nitrogens with one attached hydrogen (secondary N) is 2. The number of carbonyl (C=O) groups is 2. The van der Waals surface area contributed by atoms with Gasteiger partial charge in [-0.25, -0.2) is 9.59 Å². The zero-order valence-corrected chi connectivity index (χ0v) is 14.2. The molecule has 3 rings (SSSR count). The van der Waals surface area contributed by atoms with Crippen molar-refractivity contribution in [2.24, 2.45) is 0 Å². The van der Waals surface area contributed by atoms with Gasteiger partial charge < -0.3 is 15.2 Å². The lowest BCUT2D eigenvalue weighted by Gasteiger charge is -2.17. The average molecular weight is 386 g/mol. The quantitative estimate of drug-likeness (QED) is 0.746. The number of hydrogen-bond acceptors (Lipinski definition) is 5. The second-order valence-corrected chi connectivity index (χ2v) is 5.48. The van der Waals surface area contributed by atoms with Gasteiger partial charge in [-0.15, -0.1) is 0 Å². The van der Waals surface area contributed by atoms with E-state index in [-0.39, 0.29) is 6.09 Å². The molecule has 27 heavy (non-hydrogen) atoms. The molecule has 1 fully saturated rings. The maximum atomic E-state index is 11.7. The number of carboxylic acids is 1. The first-order chi connectivity index (χ1) is 12.7. The summed E-state index contributed by atoms with van der Waals surface area (Å²) in [5, 5.41) is 17.5. The maximum Gasteiger partial charge on any atom is 0.490 e. The molecule has 1 aromatic carbocycles. The fraction of sp³-hybridized carbons (Fsp3) is 0.312. The van der Waals surface area contributed by atoms with Crippen molar-refractivity contribution >= 4 is 23.4 Å². The molecule has 1 aromatic heterocycles. The van der Waals surface area contributed by atoms with Crippen molar-refractivity contribution in [3.8, 4) is 0 Å². The first kappa shape index (κ1) is 20.1. The third kappa shape index (κ3) is 5.62. The van der Waals surface area contributed by atoms with Gasteiger partial charge in [-0.3, -0.25) is 10.00 Å². The van der Waals surface area contributed by atoms with Gasteiger partial charge in [0.15, 0.2) is 0 Å². The largest absolute Gasteiger partial charge is 0.490 e. The SMILES string of the molecule is Cc1cc(CNc2ccccc2N2CCOC2=O)n[nH]1.O=C(O)C(F)(F)F. The van der Waals surface area contributed by atoms with Gasteiger partial charge in [0.2, 0.25) is 0 Å². The van der Waals surface area contributed by atoms with Crippen LogP contribution in [0.5, 0.6) is 0 Å².